The highest BCUT2D eigenvalue weighted by atomic mass is 17.2. The second-order valence-electron chi connectivity index (χ2n) is 3.40. The maximum atomic E-state index is 11.0. The second-order valence-corrected chi connectivity index (χ2v) is 3.40. The molecule has 0 aromatic rings. The molecule has 1 heterocycles. The summed E-state index contributed by atoms with van der Waals surface area (Å²) in [5.74, 6) is -1.04. The van der Waals surface area contributed by atoms with Crippen molar-refractivity contribution in [3.8, 4) is 0 Å². The Morgan fingerprint density at radius 3 is 2.93 bits per heavy atom. The van der Waals surface area contributed by atoms with Crippen LogP contribution in [0.2, 0.25) is 0 Å². The summed E-state index contributed by atoms with van der Waals surface area (Å²) in [5, 5.41) is 9.02. The van der Waals surface area contributed by atoms with Crippen LogP contribution in [0.1, 0.15) is 19.8 Å². The third-order valence-electron chi connectivity index (χ3n) is 2.45. The summed E-state index contributed by atoms with van der Waals surface area (Å²) in [6.07, 6.45) is 5.08. The molecule has 0 saturated carbocycles. The molecule has 14 heavy (non-hydrogen) atoms. The zero-order valence-corrected chi connectivity index (χ0v) is 8.31. The van der Waals surface area contributed by atoms with E-state index in [0.717, 1.165) is 6.42 Å². The lowest BCUT2D eigenvalue weighted by Crippen LogP contribution is -2.31. The van der Waals surface area contributed by atoms with Crippen LogP contribution in [0.25, 0.3) is 0 Å². The van der Waals surface area contributed by atoms with Gasteiger partial charge < -0.3 is 5.11 Å². The fourth-order valence-electron chi connectivity index (χ4n) is 1.57. The van der Waals surface area contributed by atoms with E-state index in [4.69, 9.17) is 14.9 Å². The quantitative estimate of drug-likeness (QED) is 0.553. The van der Waals surface area contributed by atoms with Gasteiger partial charge in [0.05, 0.1) is 19.1 Å². The van der Waals surface area contributed by atoms with E-state index in [2.05, 4.69) is 0 Å². The molecule has 0 aromatic heterocycles. The van der Waals surface area contributed by atoms with Crippen molar-refractivity contribution in [2.45, 2.75) is 19.8 Å². The first-order valence-electron chi connectivity index (χ1n) is 4.84. The average molecular weight is 200 g/mol. The number of carboxylic acid groups (broad SMARTS) is 1. The largest absolute Gasteiger partial charge is 0.481 e. The van der Waals surface area contributed by atoms with Gasteiger partial charge in [-0.05, 0) is 19.8 Å². The zero-order chi connectivity index (χ0) is 10.4. The smallest absolute Gasteiger partial charge is 0.307 e. The molecule has 1 saturated heterocycles. The minimum absolute atomic E-state index is 0.0671. The van der Waals surface area contributed by atoms with Gasteiger partial charge in [0.25, 0.3) is 0 Å². The molecular weight excluding hydrogens is 184 g/mol. The Bertz CT molecular complexity index is 206. The van der Waals surface area contributed by atoms with E-state index in [9.17, 15) is 4.79 Å². The van der Waals surface area contributed by atoms with Crippen LogP contribution in [0.15, 0.2) is 12.2 Å². The van der Waals surface area contributed by atoms with Crippen LogP contribution >= 0.6 is 0 Å². The molecule has 1 rings (SSSR count). The van der Waals surface area contributed by atoms with Gasteiger partial charge in [0.1, 0.15) is 0 Å². The van der Waals surface area contributed by atoms with Gasteiger partial charge in [-0.25, -0.2) is 9.78 Å². The van der Waals surface area contributed by atoms with Crippen LogP contribution in [0.4, 0.5) is 0 Å². The first kappa shape index (κ1) is 11.2. The number of carbonyl (C=O) groups is 1. The highest BCUT2D eigenvalue weighted by molar-refractivity contribution is 5.70. The molecule has 1 N–H and O–H groups in total. The number of aliphatic carboxylic acids is 1. The summed E-state index contributed by atoms with van der Waals surface area (Å²) in [4.78, 5) is 20.5. The van der Waals surface area contributed by atoms with Crippen LogP contribution < -0.4 is 0 Å². The van der Waals surface area contributed by atoms with Gasteiger partial charge in [-0.1, -0.05) is 12.2 Å². The number of allylic oxidation sites excluding steroid dienone is 2. The fourth-order valence-corrected chi connectivity index (χ4v) is 1.57. The summed E-state index contributed by atoms with van der Waals surface area (Å²) < 4.78 is 0. The molecule has 80 valence electrons. The Kier molecular flexibility index (Phi) is 4.62. The normalized spacial score (nSPS) is 25.1. The molecule has 0 aliphatic carbocycles. The van der Waals surface area contributed by atoms with Crippen LogP contribution in [-0.2, 0) is 14.6 Å². The third-order valence-corrected chi connectivity index (χ3v) is 2.45. The lowest BCUT2D eigenvalue weighted by atomic mass is 9.87. The van der Waals surface area contributed by atoms with Crippen LogP contribution in [0.5, 0.6) is 0 Å². The number of hydrogen-bond acceptors (Lipinski definition) is 3. The third kappa shape index (κ3) is 3.12. The van der Waals surface area contributed by atoms with Crippen molar-refractivity contribution >= 4 is 5.97 Å². The van der Waals surface area contributed by atoms with Gasteiger partial charge >= 0.3 is 5.97 Å². The van der Waals surface area contributed by atoms with Crippen molar-refractivity contribution in [2.75, 3.05) is 13.2 Å². The molecule has 1 aliphatic rings. The van der Waals surface area contributed by atoms with Gasteiger partial charge in [-0.2, -0.15) is 0 Å². The summed E-state index contributed by atoms with van der Waals surface area (Å²) in [6.45, 7) is 2.76. The van der Waals surface area contributed by atoms with Gasteiger partial charge in [0.2, 0.25) is 0 Å². The first-order valence-corrected chi connectivity index (χ1v) is 4.84. The van der Waals surface area contributed by atoms with Crippen molar-refractivity contribution in [2.24, 2.45) is 11.8 Å². The molecule has 0 spiro atoms. The average Bonchev–Trinajstić information content (AvgIpc) is 2.19. The van der Waals surface area contributed by atoms with E-state index < -0.39 is 5.97 Å². The van der Waals surface area contributed by atoms with Gasteiger partial charge in [-0.3, -0.25) is 4.79 Å². The minimum Gasteiger partial charge on any atom is -0.481 e. The van der Waals surface area contributed by atoms with Crippen molar-refractivity contribution in [1.82, 2.24) is 0 Å². The zero-order valence-electron chi connectivity index (χ0n) is 8.31. The number of hydrogen-bond donors (Lipinski definition) is 1. The van der Waals surface area contributed by atoms with Crippen LogP contribution in [0, 0.1) is 11.8 Å². The molecule has 2 unspecified atom stereocenters. The molecule has 4 nitrogen and oxygen atoms in total. The molecule has 1 aliphatic heterocycles. The molecule has 4 heteroatoms. The molecule has 0 amide bonds. The SMILES string of the molecule is CC=CCC(C(=O)O)C1CCOOC1. The fraction of sp³-hybridized carbons (Fsp3) is 0.700. The first-order chi connectivity index (χ1) is 6.75. The topological polar surface area (TPSA) is 55.8 Å². The van der Waals surface area contributed by atoms with E-state index in [0.29, 0.717) is 19.6 Å². The summed E-state index contributed by atoms with van der Waals surface area (Å²) in [5.41, 5.74) is 0. The van der Waals surface area contributed by atoms with Gasteiger partial charge in [-0.15, -0.1) is 0 Å². The minimum atomic E-state index is -0.751. The molecular formula is C10H16O4. The van der Waals surface area contributed by atoms with Gasteiger partial charge in [0.15, 0.2) is 0 Å². The van der Waals surface area contributed by atoms with Crippen molar-refractivity contribution in [3.63, 3.8) is 0 Å². The second kappa shape index (κ2) is 5.78. The van der Waals surface area contributed by atoms with Crippen LogP contribution in [0.3, 0.4) is 0 Å². The molecule has 1 fully saturated rings. The maximum absolute atomic E-state index is 11.0. The Labute approximate surface area is 83.4 Å². The maximum Gasteiger partial charge on any atom is 0.307 e. The molecule has 0 aromatic carbocycles. The van der Waals surface area contributed by atoms with E-state index >= 15 is 0 Å². The predicted molar refractivity (Wildman–Crippen MR) is 50.6 cm³/mol. The lowest BCUT2D eigenvalue weighted by molar-refractivity contribution is -0.327. The highest BCUT2D eigenvalue weighted by Gasteiger charge is 2.29. The Morgan fingerprint density at radius 1 is 1.64 bits per heavy atom. The Morgan fingerprint density at radius 2 is 2.43 bits per heavy atom. The number of carboxylic acids is 1. The number of rotatable bonds is 4. The molecule has 0 radical (unpaired) electrons. The monoisotopic (exact) mass is 200 g/mol. The van der Waals surface area contributed by atoms with Gasteiger partial charge in [0, 0.05) is 5.92 Å². The van der Waals surface area contributed by atoms with Crippen molar-refractivity contribution in [1.29, 1.82) is 0 Å². The van der Waals surface area contributed by atoms with Crippen molar-refractivity contribution in [3.05, 3.63) is 12.2 Å². The van der Waals surface area contributed by atoms with Crippen LogP contribution in [-0.4, -0.2) is 24.3 Å². The molecule has 2 atom stereocenters. The van der Waals surface area contributed by atoms with E-state index in [1.807, 2.05) is 19.1 Å². The van der Waals surface area contributed by atoms with E-state index in [1.54, 1.807) is 0 Å². The predicted octanol–water partition coefficient (Wildman–Crippen LogP) is 1.62. The van der Waals surface area contributed by atoms with E-state index in [-0.39, 0.29) is 11.8 Å². The van der Waals surface area contributed by atoms with Crippen molar-refractivity contribution < 1.29 is 19.7 Å². The lowest BCUT2D eigenvalue weighted by Gasteiger charge is -2.25. The van der Waals surface area contributed by atoms with E-state index in [1.165, 1.54) is 0 Å². The summed E-state index contributed by atoms with van der Waals surface area (Å²) in [7, 11) is 0. The Hall–Kier alpha value is -0.870. The summed E-state index contributed by atoms with van der Waals surface area (Å²) in [6, 6.07) is 0. The standard InChI is InChI=1S/C10H16O4/c1-2-3-4-9(10(11)12)8-5-6-13-14-7-8/h2-3,8-9H,4-7H2,1H3,(H,11,12). The molecule has 0 bridgehead atoms. The highest BCUT2D eigenvalue weighted by Crippen LogP contribution is 2.24. The summed E-state index contributed by atoms with van der Waals surface area (Å²) >= 11 is 0. The Balaban J connectivity index is 2.51.